The van der Waals surface area contributed by atoms with Crippen LogP contribution < -0.4 is 14.8 Å². The van der Waals surface area contributed by atoms with Gasteiger partial charge in [0.15, 0.2) is 16.4 Å². The smallest absolute Gasteiger partial charge is 0.289 e. The van der Waals surface area contributed by atoms with Crippen molar-refractivity contribution in [2.75, 3.05) is 19.0 Å². The number of aromatic nitrogens is 1. The molecule has 42 heavy (non-hydrogen) atoms. The zero-order valence-electron chi connectivity index (χ0n) is 22.7. The number of nitriles is 1. The fraction of sp³-hybridized carbons (Fsp3) is 0.207. The quantitative estimate of drug-likeness (QED) is 0.119. The number of nitrogens with zero attached hydrogens (tertiary/aromatic N) is 3. The summed E-state index contributed by atoms with van der Waals surface area (Å²) in [5, 5.41) is 35.0. The molecule has 0 aliphatic heterocycles. The molecule has 13 heteroatoms. The minimum atomic E-state index is -4.14. The second kappa shape index (κ2) is 12.6. The van der Waals surface area contributed by atoms with Crippen molar-refractivity contribution >= 4 is 43.8 Å². The van der Waals surface area contributed by atoms with Gasteiger partial charge in [-0.15, -0.1) is 0 Å². The second-order valence-electron chi connectivity index (χ2n) is 9.43. The van der Waals surface area contributed by atoms with E-state index in [0.717, 1.165) is 17.7 Å². The molecule has 0 aliphatic carbocycles. The Bertz CT molecular complexity index is 1830. The van der Waals surface area contributed by atoms with Crippen molar-refractivity contribution in [2.45, 2.75) is 31.1 Å². The number of anilines is 2. The average molecular weight is 590 g/mol. The summed E-state index contributed by atoms with van der Waals surface area (Å²) in [5.41, 5.74) is 2.73. The molecule has 0 fully saturated rings. The molecule has 4 rings (SSSR count). The Labute approximate surface area is 241 Å². The first-order valence-corrected chi connectivity index (χ1v) is 14.2. The number of hydrogen-bond donors (Lipinski definition) is 3. The number of nitro groups is 1. The van der Waals surface area contributed by atoms with Gasteiger partial charge in [-0.1, -0.05) is 24.3 Å². The van der Waals surface area contributed by atoms with E-state index < -0.39 is 25.5 Å². The molecule has 1 heterocycles. The predicted molar refractivity (Wildman–Crippen MR) is 155 cm³/mol. The van der Waals surface area contributed by atoms with Gasteiger partial charge in [-0.25, -0.2) is 13.1 Å². The number of fused-ring (bicyclic) bond motifs is 1. The minimum absolute atomic E-state index is 0.0312. The number of carbonyl (C=O) groups excluding carboxylic acids is 1. The Morgan fingerprint density at radius 1 is 1.19 bits per heavy atom. The summed E-state index contributed by atoms with van der Waals surface area (Å²) in [6.07, 6.45) is 1.68. The van der Waals surface area contributed by atoms with Gasteiger partial charge in [-0.3, -0.25) is 19.9 Å². The number of nitrogens with one attached hydrogen (secondary N) is 2. The Hall–Kier alpha value is -5.06. The van der Waals surface area contributed by atoms with Crippen LogP contribution in [0.2, 0.25) is 0 Å². The van der Waals surface area contributed by atoms with E-state index in [9.17, 15) is 33.7 Å². The molecule has 0 saturated heterocycles. The monoisotopic (exact) mass is 589 g/mol. The van der Waals surface area contributed by atoms with Crippen molar-refractivity contribution in [1.29, 1.82) is 5.26 Å². The van der Waals surface area contributed by atoms with Crippen molar-refractivity contribution in [1.82, 2.24) is 9.71 Å². The number of phenols is 1. The number of carbonyl (C=O) groups is 1. The molecule has 0 radical (unpaired) electrons. The summed E-state index contributed by atoms with van der Waals surface area (Å²) in [5.74, 6) is -0.0480. The van der Waals surface area contributed by atoms with Gasteiger partial charge in [0.05, 0.1) is 28.8 Å². The highest BCUT2D eigenvalue weighted by molar-refractivity contribution is 7.89. The van der Waals surface area contributed by atoms with Gasteiger partial charge >= 0.3 is 0 Å². The van der Waals surface area contributed by atoms with E-state index in [4.69, 9.17) is 4.74 Å². The number of pyridine rings is 1. The zero-order chi connectivity index (χ0) is 30.4. The number of ether oxygens (including phenoxy) is 1. The molecule has 0 spiro atoms. The second-order valence-corrected chi connectivity index (χ2v) is 11.2. The fourth-order valence-electron chi connectivity index (χ4n) is 4.39. The summed E-state index contributed by atoms with van der Waals surface area (Å²) < 4.78 is 32.7. The zero-order valence-corrected chi connectivity index (χ0v) is 23.6. The van der Waals surface area contributed by atoms with Crippen molar-refractivity contribution in [3.05, 3.63) is 87.6 Å². The van der Waals surface area contributed by atoms with E-state index in [2.05, 4.69) is 21.1 Å². The summed E-state index contributed by atoms with van der Waals surface area (Å²) in [4.78, 5) is 27.2. The van der Waals surface area contributed by atoms with Crippen molar-refractivity contribution in [3.8, 4) is 17.6 Å². The number of rotatable bonds is 12. The summed E-state index contributed by atoms with van der Waals surface area (Å²) in [6, 6.07) is 15.6. The lowest BCUT2D eigenvalue weighted by molar-refractivity contribution is -0.387. The van der Waals surface area contributed by atoms with Crippen molar-refractivity contribution in [2.24, 2.45) is 0 Å². The normalized spacial score (nSPS) is 11.2. The molecule has 1 aromatic heterocycles. The number of sulfonamides is 1. The number of phenolic OH excluding ortho intramolecular Hbond substituents is 1. The molecule has 216 valence electrons. The Morgan fingerprint density at radius 3 is 2.67 bits per heavy atom. The Kier molecular flexibility index (Phi) is 8.99. The number of aromatic hydroxyl groups is 1. The Morgan fingerprint density at radius 2 is 1.95 bits per heavy atom. The first-order valence-electron chi connectivity index (χ1n) is 12.7. The van der Waals surface area contributed by atoms with Crippen LogP contribution in [0.15, 0.2) is 65.7 Å². The molecule has 0 atom stereocenters. The first kappa shape index (κ1) is 29.9. The molecule has 3 aromatic carbocycles. The predicted octanol–water partition coefficient (Wildman–Crippen LogP) is 4.65. The molecule has 0 saturated carbocycles. The molecular formula is C29H27N5O7S. The number of aryl methyl sites for hydroxylation is 1. The topological polar surface area (TPSA) is 185 Å². The van der Waals surface area contributed by atoms with Gasteiger partial charge in [0.25, 0.3) is 5.69 Å². The molecular weight excluding hydrogens is 562 g/mol. The molecule has 3 N–H and O–H groups in total. The third kappa shape index (κ3) is 6.63. The van der Waals surface area contributed by atoms with Crippen LogP contribution in [0.1, 0.15) is 29.5 Å². The lowest BCUT2D eigenvalue weighted by Gasteiger charge is -2.16. The standard InChI is InChI=1S/C29H27N5O7S/c1-18-9-10-19(13-21(35)6-5-11-32-42(39,40)28-8-4-3-7-25(28)34(37)38)23(12-18)33-29-20(16-30)17-31-24-15-27(41-2)26(36)14-22(24)29/h3-4,7-10,12,14-15,17,32,36H,5-6,11,13H2,1-2H3,(H,31,33). The van der Waals surface area contributed by atoms with Gasteiger partial charge in [-0.05, 0) is 42.7 Å². The minimum Gasteiger partial charge on any atom is -0.504 e. The van der Waals surface area contributed by atoms with Crippen LogP contribution in [0.4, 0.5) is 17.1 Å². The van der Waals surface area contributed by atoms with E-state index >= 15 is 0 Å². The molecule has 0 bridgehead atoms. The van der Waals surface area contributed by atoms with E-state index in [1.54, 1.807) is 12.1 Å². The van der Waals surface area contributed by atoms with Gasteiger partial charge in [0.1, 0.15) is 11.9 Å². The van der Waals surface area contributed by atoms with Gasteiger partial charge in [-0.2, -0.15) is 5.26 Å². The first-order chi connectivity index (χ1) is 20.0. The largest absolute Gasteiger partial charge is 0.504 e. The van der Waals surface area contributed by atoms with Gasteiger partial charge < -0.3 is 15.2 Å². The summed E-state index contributed by atoms with van der Waals surface area (Å²) in [7, 11) is -2.72. The van der Waals surface area contributed by atoms with Crippen LogP contribution in [0, 0.1) is 28.4 Å². The highest BCUT2D eigenvalue weighted by Gasteiger charge is 2.24. The fourth-order valence-corrected chi connectivity index (χ4v) is 5.64. The van der Waals surface area contributed by atoms with Crippen molar-refractivity contribution in [3.63, 3.8) is 0 Å². The summed E-state index contributed by atoms with van der Waals surface area (Å²) >= 11 is 0. The van der Waals surface area contributed by atoms with Crippen molar-refractivity contribution < 1.29 is 28.0 Å². The van der Waals surface area contributed by atoms with E-state index in [0.29, 0.717) is 27.8 Å². The maximum Gasteiger partial charge on any atom is 0.289 e. The molecule has 12 nitrogen and oxygen atoms in total. The number of benzene rings is 3. The van der Waals surface area contributed by atoms with Crippen LogP contribution in [0.3, 0.4) is 0 Å². The van der Waals surface area contributed by atoms with Crippen LogP contribution >= 0.6 is 0 Å². The molecule has 0 aliphatic rings. The van der Waals surface area contributed by atoms with Crippen LogP contribution in [-0.4, -0.2) is 42.9 Å². The number of para-hydroxylation sites is 1. The highest BCUT2D eigenvalue weighted by atomic mass is 32.2. The third-order valence-corrected chi connectivity index (χ3v) is 7.99. The number of Topliss-reactive ketones (excluding diaryl/α,β-unsaturated/α-hetero) is 1. The van der Waals surface area contributed by atoms with Gasteiger partial charge in [0.2, 0.25) is 10.0 Å². The van der Waals surface area contributed by atoms with Crippen LogP contribution in [0.25, 0.3) is 10.9 Å². The summed E-state index contributed by atoms with van der Waals surface area (Å²) in [6.45, 7) is 1.80. The van der Waals surface area contributed by atoms with E-state index in [1.807, 2.05) is 19.1 Å². The number of methoxy groups -OCH3 is 1. The van der Waals surface area contributed by atoms with Crippen LogP contribution in [0.5, 0.6) is 11.5 Å². The number of ketones is 1. The molecule has 0 unspecified atom stereocenters. The van der Waals surface area contributed by atoms with E-state index in [-0.39, 0.29) is 48.7 Å². The van der Waals surface area contributed by atoms with Crippen LogP contribution in [-0.2, 0) is 21.2 Å². The molecule has 0 amide bonds. The number of hydrogen-bond acceptors (Lipinski definition) is 10. The third-order valence-electron chi connectivity index (χ3n) is 6.48. The SMILES string of the molecule is COc1cc2ncc(C#N)c(Nc3cc(C)ccc3CC(=O)CCCNS(=O)(=O)c3ccccc3[N+](=O)[O-])c2cc1O. The van der Waals surface area contributed by atoms with Gasteiger partial charge in [0, 0.05) is 48.8 Å². The highest BCUT2D eigenvalue weighted by Crippen LogP contribution is 2.37. The average Bonchev–Trinajstić information content (AvgIpc) is 2.96. The number of nitro benzene ring substituents is 1. The maximum atomic E-state index is 12.9. The lowest BCUT2D eigenvalue weighted by Crippen LogP contribution is -2.26. The lowest BCUT2D eigenvalue weighted by atomic mass is 10.0. The Balaban J connectivity index is 1.48. The molecule has 4 aromatic rings. The van der Waals surface area contributed by atoms with E-state index in [1.165, 1.54) is 31.5 Å². The maximum absolute atomic E-state index is 12.9.